The van der Waals surface area contributed by atoms with Crippen LogP contribution in [0.3, 0.4) is 0 Å². The van der Waals surface area contributed by atoms with E-state index in [0.717, 1.165) is 6.26 Å². The molecule has 0 saturated heterocycles. The van der Waals surface area contributed by atoms with Gasteiger partial charge in [-0.15, -0.1) is 0 Å². The maximum absolute atomic E-state index is 12.1. The number of rotatable bonds is 5. The summed E-state index contributed by atoms with van der Waals surface area (Å²) in [6.07, 6.45) is 1.06. The molecule has 8 heteroatoms. The van der Waals surface area contributed by atoms with Gasteiger partial charge in [-0.1, -0.05) is 24.3 Å². The molecule has 1 amide bonds. The molecule has 0 fully saturated rings. The number of nitrogens with one attached hydrogen (secondary N) is 2. The van der Waals surface area contributed by atoms with Crippen LogP contribution in [-0.2, 0) is 10.0 Å². The number of hydrogen-bond donors (Lipinski definition) is 3. The highest BCUT2D eigenvalue weighted by Crippen LogP contribution is 2.21. The minimum absolute atomic E-state index is 0.0906. The Morgan fingerprint density at radius 1 is 1.16 bits per heavy atom. The zero-order valence-corrected chi connectivity index (χ0v) is 14.9. The number of sulfonamides is 1. The number of aryl methyl sites for hydroxylation is 1. The molecule has 2 aromatic rings. The number of benzene rings is 2. The molecule has 0 bridgehead atoms. The van der Waals surface area contributed by atoms with E-state index in [1.165, 1.54) is 6.07 Å². The van der Waals surface area contributed by atoms with E-state index in [1.807, 2.05) is 0 Å². The lowest BCUT2D eigenvalue weighted by Crippen LogP contribution is -2.19. The van der Waals surface area contributed by atoms with Crippen molar-refractivity contribution < 1.29 is 18.3 Å². The smallest absolute Gasteiger partial charge is 0.275 e. The van der Waals surface area contributed by atoms with Crippen LogP contribution in [0.5, 0.6) is 5.75 Å². The van der Waals surface area contributed by atoms with Crippen molar-refractivity contribution in [3.63, 3.8) is 0 Å². The lowest BCUT2D eigenvalue weighted by molar-refractivity contribution is 0.0952. The average molecular weight is 361 g/mol. The Morgan fingerprint density at radius 3 is 2.52 bits per heavy atom. The SMILES string of the molecule is C/C(=N/NC(=O)c1cccc(C)c1O)c1cccc(NS(C)(=O)=O)c1. The van der Waals surface area contributed by atoms with Crippen LogP contribution in [0.15, 0.2) is 47.6 Å². The molecule has 0 heterocycles. The van der Waals surface area contributed by atoms with Crippen molar-refractivity contribution in [3.05, 3.63) is 59.2 Å². The van der Waals surface area contributed by atoms with E-state index in [1.54, 1.807) is 50.2 Å². The molecule has 2 aromatic carbocycles. The summed E-state index contributed by atoms with van der Waals surface area (Å²) in [6.45, 7) is 3.37. The second kappa shape index (κ2) is 7.35. The monoisotopic (exact) mass is 361 g/mol. The summed E-state index contributed by atoms with van der Waals surface area (Å²) >= 11 is 0. The lowest BCUT2D eigenvalue weighted by Gasteiger charge is -2.08. The van der Waals surface area contributed by atoms with Crippen molar-refractivity contribution >= 4 is 27.3 Å². The van der Waals surface area contributed by atoms with Gasteiger partial charge in [-0.2, -0.15) is 5.10 Å². The Kier molecular flexibility index (Phi) is 5.43. The van der Waals surface area contributed by atoms with Crippen molar-refractivity contribution in [2.45, 2.75) is 13.8 Å². The maximum atomic E-state index is 12.1. The van der Waals surface area contributed by atoms with Crippen LogP contribution in [0.25, 0.3) is 0 Å². The number of hydrogen-bond acceptors (Lipinski definition) is 5. The minimum atomic E-state index is -3.38. The molecule has 0 radical (unpaired) electrons. The van der Waals surface area contributed by atoms with Crippen LogP contribution in [0, 0.1) is 6.92 Å². The summed E-state index contributed by atoms with van der Waals surface area (Å²) < 4.78 is 25.0. The van der Waals surface area contributed by atoms with Crippen LogP contribution in [0.1, 0.15) is 28.4 Å². The van der Waals surface area contributed by atoms with Crippen molar-refractivity contribution in [1.82, 2.24) is 5.43 Å². The van der Waals surface area contributed by atoms with E-state index in [4.69, 9.17) is 0 Å². The highest BCUT2D eigenvalue weighted by molar-refractivity contribution is 7.92. The molecule has 132 valence electrons. The number of amides is 1. The number of para-hydroxylation sites is 1. The van der Waals surface area contributed by atoms with E-state index in [-0.39, 0.29) is 11.3 Å². The molecule has 0 saturated carbocycles. The van der Waals surface area contributed by atoms with Crippen molar-refractivity contribution in [3.8, 4) is 5.75 Å². The first-order valence-corrected chi connectivity index (χ1v) is 9.28. The fraction of sp³-hybridized carbons (Fsp3) is 0.176. The fourth-order valence-electron chi connectivity index (χ4n) is 2.12. The standard InChI is InChI=1S/C17H19N3O4S/c1-11-6-4-9-15(16(11)21)17(22)19-18-12(2)13-7-5-8-14(10-13)20-25(3,23)24/h4-10,20-21H,1-3H3,(H,19,22)/b18-12-. The molecule has 3 N–H and O–H groups in total. The summed E-state index contributed by atoms with van der Waals surface area (Å²) in [6, 6.07) is 11.5. The third-order valence-corrected chi connectivity index (χ3v) is 4.00. The van der Waals surface area contributed by atoms with Gasteiger partial charge in [0.05, 0.1) is 17.5 Å². The van der Waals surface area contributed by atoms with Crippen molar-refractivity contribution in [2.24, 2.45) is 5.10 Å². The predicted octanol–water partition coefficient (Wildman–Crippen LogP) is 2.23. The summed E-state index contributed by atoms with van der Waals surface area (Å²) in [5.74, 6) is -0.627. The predicted molar refractivity (Wildman–Crippen MR) is 97.4 cm³/mol. The van der Waals surface area contributed by atoms with Gasteiger partial charge in [0.15, 0.2) is 0 Å². The fourth-order valence-corrected chi connectivity index (χ4v) is 2.68. The second-order valence-electron chi connectivity index (χ2n) is 5.56. The number of hydrazone groups is 1. The molecular weight excluding hydrogens is 342 g/mol. The first-order valence-electron chi connectivity index (χ1n) is 7.39. The Bertz CT molecular complexity index is 937. The first-order chi connectivity index (χ1) is 11.7. The number of carbonyl (C=O) groups excluding carboxylic acids is 1. The largest absolute Gasteiger partial charge is 0.507 e. The molecule has 0 aliphatic rings. The number of aromatic hydroxyl groups is 1. The van der Waals surface area contributed by atoms with Gasteiger partial charge in [0.25, 0.3) is 5.91 Å². The Labute approximate surface area is 146 Å². The van der Waals surface area contributed by atoms with Gasteiger partial charge in [-0.3, -0.25) is 9.52 Å². The molecule has 0 aromatic heterocycles. The number of nitrogens with zero attached hydrogens (tertiary/aromatic N) is 1. The summed E-state index contributed by atoms with van der Waals surface area (Å²) in [7, 11) is -3.38. The quantitative estimate of drug-likeness (QED) is 0.560. The van der Waals surface area contributed by atoms with E-state index < -0.39 is 15.9 Å². The van der Waals surface area contributed by atoms with E-state index in [9.17, 15) is 18.3 Å². The van der Waals surface area contributed by atoms with Gasteiger partial charge in [-0.25, -0.2) is 13.8 Å². The van der Waals surface area contributed by atoms with Crippen LogP contribution in [-0.4, -0.2) is 31.4 Å². The molecule has 25 heavy (non-hydrogen) atoms. The van der Waals surface area contributed by atoms with Gasteiger partial charge < -0.3 is 5.11 Å². The highest BCUT2D eigenvalue weighted by Gasteiger charge is 2.12. The van der Waals surface area contributed by atoms with Gasteiger partial charge in [0.2, 0.25) is 10.0 Å². The average Bonchev–Trinajstić information content (AvgIpc) is 2.53. The second-order valence-corrected chi connectivity index (χ2v) is 7.31. The molecule has 0 atom stereocenters. The van der Waals surface area contributed by atoms with Crippen LogP contribution in [0.2, 0.25) is 0 Å². The summed E-state index contributed by atoms with van der Waals surface area (Å²) in [4.78, 5) is 12.1. The van der Waals surface area contributed by atoms with E-state index in [0.29, 0.717) is 22.5 Å². The van der Waals surface area contributed by atoms with Crippen molar-refractivity contribution in [2.75, 3.05) is 11.0 Å². The summed E-state index contributed by atoms with van der Waals surface area (Å²) in [5.41, 5.74) is 4.63. The van der Waals surface area contributed by atoms with E-state index >= 15 is 0 Å². The molecule has 2 rings (SSSR count). The zero-order valence-electron chi connectivity index (χ0n) is 14.1. The highest BCUT2D eigenvalue weighted by atomic mass is 32.2. The number of carbonyl (C=O) groups is 1. The zero-order chi connectivity index (χ0) is 18.6. The number of anilines is 1. The van der Waals surface area contributed by atoms with Crippen LogP contribution >= 0.6 is 0 Å². The Balaban J connectivity index is 2.17. The van der Waals surface area contributed by atoms with E-state index in [2.05, 4.69) is 15.2 Å². The van der Waals surface area contributed by atoms with Gasteiger partial charge in [0.1, 0.15) is 5.75 Å². The van der Waals surface area contributed by atoms with Crippen LogP contribution < -0.4 is 10.1 Å². The lowest BCUT2D eigenvalue weighted by atomic mass is 10.1. The molecule has 0 aliphatic carbocycles. The van der Waals surface area contributed by atoms with Gasteiger partial charge >= 0.3 is 0 Å². The number of phenols is 1. The van der Waals surface area contributed by atoms with Crippen LogP contribution in [0.4, 0.5) is 5.69 Å². The topological polar surface area (TPSA) is 108 Å². The Hall–Kier alpha value is -2.87. The summed E-state index contributed by atoms with van der Waals surface area (Å²) in [5, 5.41) is 13.9. The molecule has 0 spiro atoms. The first kappa shape index (κ1) is 18.5. The van der Waals surface area contributed by atoms with Gasteiger partial charge in [-0.05, 0) is 43.2 Å². The van der Waals surface area contributed by atoms with Crippen molar-refractivity contribution in [1.29, 1.82) is 0 Å². The normalized spacial score (nSPS) is 11.9. The Morgan fingerprint density at radius 2 is 1.84 bits per heavy atom. The maximum Gasteiger partial charge on any atom is 0.275 e. The third kappa shape index (κ3) is 5.05. The minimum Gasteiger partial charge on any atom is -0.507 e. The third-order valence-electron chi connectivity index (χ3n) is 3.39. The molecule has 0 unspecified atom stereocenters. The molecular formula is C17H19N3O4S. The molecule has 0 aliphatic heterocycles. The number of phenolic OH excluding ortho intramolecular Hbond substituents is 1. The molecule has 7 nitrogen and oxygen atoms in total. The van der Waals surface area contributed by atoms with Gasteiger partial charge in [0, 0.05) is 5.69 Å².